The Balaban J connectivity index is 1.22. The van der Waals surface area contributed by atoms with E-state index in [1.54, 1.807) is 0 Å². The third kappa shape index (κ3) is 5.49. The third-order valence-corrected chi connectivity index (χ3v) is 17.5. The van der Waals surface area contributed by atoms with Crippen molar-refractivity contribution < 1.29 is 0 Å². The van der Waals surface area contributed by atoms with Gasteiger partial charge in [-0.25, -0.2) is 0 Å². The van der Waals surface area contributed by atoms with Gasteiger partial charge in [0.2, 0.25) is 0 Å². The van der Waals surface area contributed by atoms with Gasteiger partial charge in [-0.15, -0.1) is 0 Å². The number of hydrogen-bond acceptors (Lipinski definition) is 2. The number of fused-ring (bicyclic) bond motifs is 15. The van der Waals surface area contributed by atoms with Crippen LogP contribution in [0.5, 0.6) is 0 Å². The maximum atomic E-state index is 2.90. The molecule has 0 N–H and O–H groups in total. The normalized spacial score (nSPS) is 19.5. The molecule has 2 atom stereocenters. The first-order chi connectivity index (χ1) is 32.4. The van der Waals surface area contributed by atoms with E-state index in [9.17, 15) is 0 Å². The maximum Gasteiger partial charge on any atom is 0.252 e. The minimum atomic E-state index is -0.0981. The highest BCUT2D eigenvalue weighted by Crippen LogP contribution is 2.62. The zero-order valence-electron chi connectivity index (χ0n) is 42.0. The van der Waals surface area contributed by atoms with Crippen molar-refractivity contribution in [3.63, 3.8) is 0 Å². The summed E-state index contributed by atoms with van der Waals surface area (Å²) in [5.74, 6) is 0. The summed E-state index contributed by atoms with van der Waals surface area (Å²) in [6.45, 7) is 26.4. The zero-order valence-corrected chi connectivity index (χ0v) is 42.0. The average Bonchev–Trinajstić information content (AvgIpc) is 3.77. The lowest BCUT2D eigenvalue weighted by atomic mass is 9.33. The van der Waals surface area contributed by atoms with E-state index in [2.05, 4.69) is 230 Å². The molecular formula is C64H64BN3. The fourth-order valence-electron chi connectivity index (χ4n) is 13.7. The highest BCUT2D eigenvalue weighted by molar-refractivity contribution is 7.00. The second-order valence-corrected chi connectivity index (χ2v) is 24.5. The van der Waals surface area contributed by atoms with Crippen LogP contribution in [0.1, 0.15) is 124 Å². The molecule has 9 aromatic rings. The van der Waals surface area contributed by atoms with Crippen LogP contribution in [0.25, 0.3) is 49.0 Å². The van der Waals surface area contributed by atoms with Crippen LogP contribution in [-0.2, 0) is 21.7 Å². The first kappa shape index (κ1) is 41.9. The number of rotatable bonds is 3. The predicted molar refractivity (Wildman–Crippen MR) is 294 cm³/mol. The summed E-state index contributed by atoms with van der Waals surface area (Å²) < 4.78 is 2.75. The van der Waals surface area contributed by atoms with Gasteiger partial charge in [-0.05, 0) is 133 Å². The largest absolute Gasteiger partial charge is 0.335 e. The molecule has 1 aromatic heterocycles. The van der Waals surface area contributed by atoms with E-state index in [0.29, 0.717) is 0 Å². The minimum Gasteiger partial charge on any atom is -0.335 e. The standard InChI is InChI=1S/C64H64BN3/c1-60(2,3)39-25-29-42(30-26-39)66(43-31-27-40(28-32-43)61(4,5)6)44-37-53-56-54(38-44)68-59-50(63(10)33-16-17-34-64(63,68)11)23-18-24-51(59)65(56)52-36-41(62(7,8)9)35-49-55-47-21-14-12-19-45(47)46-20-13-15-22-48(46)58(55)67(53)57(49)52/h12-15,18-32,35-38H,16-17,33-34H2,1-11H3. The molecule has 8 aromatic carbocycles. The second-order valence-electron chi connectivity index (χ2n) is 24.5. The first-order valence-corrected chi connectivity index (χ1v) is 25.4. The lowest BCUT2D eigenvalue weighted by molar-refractivity contribution is 0.195. The van der Waals surface area contributed by atoms with E-state index in [1.165, 1.54) is 135 Å². The van der Waals surface area contributed by atoms with Gasteiger partial charge in [0, 0.05) is 55.5 Å². The van der Waals surface area contributed by atoms with Crippen molar-refractivity contribution >= 4 is 94.9 Å². The van der Waals surface area contributed by atoms with E-state index < -0.39 is 0 Å². The van der Waals surface area contributed by atoms with E-state index in [4.69, 9.17) is 0 Å². The van der Waals surface area contributed by atoms with Crippen LogP contribution in [0.2, 0.25) is 0 Å². The Kier molecular flexibility index (Phi) is 8.45. The number of nitrogens with zero attached hydrogens (tertiary/aromatic N) is 3. The van der Waals surface area contributed by atoms with Gasteiger partial charge in [-0.2, -0.15) is 0 Å². The van der Waals surface area contributed by atoms with Crippen LogP contribution >= 0.6 is 0 Å². The summed E-state index contributed by atoms with van der Waals surface area (Å²) in [6, 6.07) is 55.0. The van der Waals surface area contributed by atoms with Gasteiger partial charge in [-0.1, -0.05) is 179 Å². The summed E-state index contributed by atoms with van der Waals surface area (Å²) >= 11 is 0. The summed E-state index contributed by atoms with van der Waals surface area (Å²) in [7, 11) is 0. The van der Waals surface area contributed by atoms with Crippen molar-refractivity contribution in [3.05, 3.63) is 162 Å². The topological polar surface area (TPSA) is 11.4 Å². The quantitative estimate of drug-likeness (QED) is 0.129. The molecule has 0 amide bonds. The van der Waals surface area contributed by atoms with Gasteiger partial charge in [0.1, 0.15) is 0 Å². The molecule has 0 saturated heterocycles. The molecule has 4 heterocycles. The molecule has 3 nitrogen and oxygen atoms in total. The zero-order chi connectivity index (χ0) is 47.0. The Morgan fingerprint density at radius 2 is 1.04 bits per heavy atom. The Labute approximate surface area is 403 Å². The monoisotopic (exact) mass is 886 g/mol. The molecule has 1 aliphatic carbocycles. The number of para-hydroxylation sites is 1. The van der Waals surface area contributed by atoms with Crippen LogP contribution in [-0.4, -0.2) is 16.8 Å². The van der Waals surface area contributed by atoms with Crippen LogP contribution in [0.3, 0.4) is 0 Å². The molecule has 2 unspecified atom stereocenters. The van der Waals surface area contributed by atoms with Crippen LogP contribution in [0.15, 0.2) is 140 Å². The Morgan fingerprint density at radius 3 is 1.66 bits per heavy atom. The Bertz CT molecular complexity index is 3550. The molecule has 4 aliphatic rings. The van der Waals surface area contributed by atoms with E-state index >= 15 is 0 Å². The van der Waals surface area contributed by atoms with Crippen LogP contribution in [0, 0.1) is 0 Å². The lowest BCUT2D eigenvalue weighted by Crippen LogP contribution is -2.64. The third-order valence-electron chi connectivity index (χ3n) is 17.5. The molecule has 13 rings (SSSR count). The molecule has 1 saturated carbocycles. The highest BCUT2D eigenvalue weighted by atomic mass is 15.3. The van der Waals surface area contributed by atoms with Gasteiger partial charge in [0.05, 0.1) is 16.7 Å². The molecular weight excluding hydrogens is 822 g/mol. The van der Waals surface area contributed by atoms with Gasteiger partial charge in [-0.3, -0.25) is 0 Å². The average molecular weight is 886 g/mol. The second kappa shape index (κ2) is 13.7. The summed E-state index contributed by atoms with van der Waals surface area (Å²) in [5.41, 5.74) is 20.2. The van der Waals surface area contributed by atoms with Crippen LogP contribution in [0.4, 0.5) is 28.4 Å². The van der Waals surface area contributed by atoms with Crippen molar-refractivity contribution in [2.75, 3.05) is 9.80 Å². The molecule has 4 heteroatoms. The summed E-state index contributed by atoms with van der Waals surface area (Å²) in [4.78, 5) is 5.45. The van der Waals surface area contributed by atoms with Crippen LogP contribution < -0.4 is 26.2 Å². The fraction of sp³-hybridized carbons (Fsp3) is 0.312. The van der Waals surface area contributed by atoms with Gasteiger partial charge in [0.25, 0.3) is 6.71 Å². The number of hydrogen-bond donors (Lipinski definition) is 0. The number of aromatic nitrogens is 1. The molecule has 0 bridgehead atoms. The lowest BCUT2D eigenvalue weighted by Gasteiger charge is -2.52. The van der Waals surface area contributed by atoms with Crippen molar-refractivity contribution in [1.82, 2.24) is 4.57 Å². The van der Waals surface area contributed by atoms with E-state index in [0.717, 1.165) is 6.42 Å². The molecule has 1 fully saturated rings. The number of benzene rings is 8. The fourth-order valence-corrected chi connectivity index (χ4v) is 13.7. The highest BCUT2D eigenvalue weighted by Gasteiger charge is 2.61. The van der Waals surface area contributed by atoms with Gasteiger partial charge in [0.15, 0.2) is 0 Å². The Morgan fingerprint density at radius 1 is 0.485 bits per heavy atom. The van der Waals surface area contributed by atoms with E-state index in [1.807, 2.05) is 0 Å². The van der Waals surface area contributed by atoms with E-state index in [-0.39, 0.29) is 33.9 Å². The summed E-state index contributed by atoms with van der Waals surface area (Å²) in [5, 5.41) is 7.96. The van der Waals surface area contributed by atoms with Crippen molar-refractivity contribution in [2.24, 2.45) is 0 Å². The van der Waals surface area contributed by atoms with Crippen molar-refractivity contribution in [1.29, 1.82) is 0 Å². The molecule has 3 aliphatic heterocycles. The minimum absolute atomic E-state index is 0.0119. The van der Waals surface area contributed by atoms with Gasteiger partial charge < -0.3 is 14.4 Å². The molecule has 0 spiro atoms. The van der Waals surface area contributed by atoms with Gasteiger partial charge >= 0.3 is 0 Å². The predicted octanol–water partition coefficient (Wildman–Crippen LogP) is 15.3. The molecule has 0 radical (unpaired) electrons. The summed E-state index contributed by atoms with van der Waals surface area (Å²) in [6.07, 6.45) is 4.86. The molecule has 338 valence electrons. The maximum absolute atomic E-state index is 2.90. The smallest absolute Gasteiger partial charge is 0.252 e. The molecule has 68 heavy (non-hydrogen) atoms. The van der Waals surface area contributed by atoms with Crippen molar-refractivity contribution in [3.8, 4) is 5.69 Å². The van der Waals surface area contributed by atoms with Crippen molar-refractivity contribution in [2.45, 2.75) is 129 Å². The number of anilines is 5. The first-order valence-electron chi connectivity index (χ1n) is 25.4. The SMILES string of the molecule is CC(C)(C)c1ccc(N(c2ccc(C(C)(C)C)cc2)c2cc3c4c(c2)-n2c5c(cc(C(C)(C)C)cc5c5c6ccccc6c6ccccc6c52)B4c2cccc4c2N3C2(C)CCCCC42C)cc1. The Hall–Kier alpha value is -6.26.